The highest BCUT2D eigenvalue weighted by molar-refractivity contribution is 7.80. The van der Waals surface area contributed by atoms with Gasteiger partial charge in [0.2, 0.25) is 6.20 Å². The topological polar surface area (TPSA) is 255 Å². The standard InChI is InChI=1S/C25H30N8O10S2/c1-25(2)20(22(35)33(25)43-45(38,39)40)29-21(34)19(17-13-44-24(27)28-17)30-42-18(23(36)37)12-41-16-6-4-14(5-7-16)15-10-31(3)32(11-15)9-8-26/h4-7,10-11,13,18,20H,8-9,12,26H2,1-3H3,(H4-,27,28,29,34,36,37,38,39,40)/p+1/b30-19-/t18?,20-/m1/s1. The first-order valence-corrected chi connectivity index (χ1v) is 15.3. The molecule has 18 nitrogen and oxygen atoms in total. The second-order valence-corrected chi connectivity index (χ2v) is 12.1. The van der Waals surface area contributed by atoms with E-state index in [2.05, 4.69) is 19.7 Å². The van der Waals surface area contributed by atoms with Gasteiger partial charge < -0.3 is 31.5 Å². The van der Waals surface area contributed by atoms with Gasteiger partial charge in [0, 0.05) is 11.9 Å². The van der Waals surface area contributed by atoms with Crippen LogP contribution >= 0.6 is 11.3 Å². The van der Waals surface area contributed by atoms with Gasteiger partial charge in [-0.25, -0.2) is 9.78 Å². The van der Waals surface area contributed by atoms with Crippen molar-refractivity contribution < 1.29 is 51.0 Å². The summed E-state index contributed by atoms with van der Waals surface area (Å²) in [6.45, 7) is 3.37. The van der Waals surface area contributed by atoms with Crippen molar-refractivity contribution in [3.63, 3.8) is 0 Å². The number of amides is 2. The number of nitrogen functional groups attached to an aromatic ring is 1. The van der Waals surface area contributed by atoms with Crippen LogP contribution in [0.15, 0.2) is 47.2 Å². The van der Waals surface area contributed by atoms with Gasteiger partial charge in [-0.2, -0.15) is 18.2 Å². The number of nitrogens with one attached hydrogen (secondary N) is 1. The average molecular weight is 668 g/mol. The predicted octanol–water partition coefficient (Wildman–Crippen LogP) is -0.930. The molecule has 0 bridgehead atoms. The Morgan fingerprint density at radius 2 is 1.96 bits per heavy atom. The number of rotatable bonds is 14. The lowest BCUT2D eigenvalue weighted by Crippen LogP contribution is -2.76. The Bertz CT molecular complexity index is 1720. The van der Waals surface area contributed by atoms with E-state index in [0.29, 0.717) is 23.9 Å². The SMILES string of the molecule is C[n+]1cc(-c2ccc(OCC(O/N=C(\C(=O)N[C@@H]3C(=O)N(OS(=O)(=O)O)C3(C)C)c3csc(N)n3)C(=O)O)cc2)cn1CCN. The summed E-state index contributed by atoms with van der Waals surface area (Å²) in [4.78, 5) is 46.7. The lowest BCUT2D eigenvalue weighted by Gasteiger charge is -2.50. The smallest absolute Gasteiger partial charge is 0.418 e. The van der Waals surface area contributed by atoms with E-state index in [9.17, 15) is 27.9 Å². The molecule has 3 aromatic rings. The third kappa shape index (κ3) is 7.72. The van der Waals surface area contributed by atoms with Gasteiger partial charge in [0.05, 0.1) is 23.8 Å². The molecule has 0 radical (unpaired) electrons. The molecule has 1 aromatic carbocycles. The number of carboxylic acids is 1. The Kier molecular flexibility index (Phi) is 9.73. The van der Waals surface area contributed by atoms with Gasteiger partial charge in [-0.1, -0.05) is 17.3 Å². The van der Waals surface area contributed by atoms with Crippen molar-refractivity contribution in [1.82, 2.24) is 20.0 Å². The molecule has 0 saturated carbocycles. The van der Waals surface area contributed by atoms with Crippen LogP contribution < -0.4 is 26.2 Å². The average Bonchev–Trinajstić information content (AvgIpc) is 3.56. The molecule has 3 heterocycles. The molecular weight excluding hydrogens is 636 g/mol. The number of nitrogens with two attached hydrogens (primary N) is 2. The number of benzene rings is 1. The van der Waals surface area contributed by atoms with Gasteiger partial charge in [-0.3, -0.25) is 14.1 Å². The number of aromatic nitrogens is 3. The fraction of sp³-hybridized carbons (Fsp3) is 0.360. The summed E-state index contributed by atoms with van der Waals surface area (Å²) < 4.78 is 44.8. The molecule has 1 saturated heterocycles. The van der Waals surface area contributed by atoms with E-state index in [1.165, 1.54) is 19.2 Å². The molecule has 20 heteroatoms. The number of β-lactam (4-membered cyclic amide) rings is 1. The third-order valence-corrected chi connectivity index (χ3v) is 7.63. The van der Waals surface area contributed by atoms with Crippen LogP contribution in [0, 0.1) is 0 Å². The number of carboxylic acid groups (broad SMARTS) is 1. The van der Waals surface area contributed by atoms with Crippen LogP contribution in [-0.4, -0.2) is 87.1 Å². The maximum absolute atomic E-state index is 13.2. The third-order valence-electron chi connectivity index (χ3n) is 6.61. The fourth-order valence-corrected chi connectivity index (χ4v) is 5.26. The summed E-state index contributed by atoms with van der Waals surface area (Å²) in [5.41, 5.74) is 11.1. The first kappa shape index (κ1) is 33.3. The van der Waals surface area contributed by atoms with Gasteiger partial charge in [-0.05, 0) is 31.5 Å². The van der Waals surface area contributed by atoms with Crippen molar-refractivity contribution in [2.75, 3.05) is 18.9 Å². The number of aliphatic carboxylic acids is 1. The zero-order valence-electron chi connectivity index (χ0n) is 24.2. The normalized spacial score (nSPS) is 17.0. The van der Waals surface area contributed by atoms with Gasteiger partial charge in [-0.15, -0.1) is 20.3 Å². The Balaban J connectivity index is 1.45. The summed E-state index contributed by atoms with van der Waals surface area (Å²) in [5, 5.41) is 17.6. The molecule has 2 aromatic heterocycles. The van der Waals surface area contributed by atoms with Crippen molar-refractivity contribution in [3.05, 3.63) is 47.7 Å². The minimum absolute atomic E-state index is 0.0598. The number of anilines is 1. The molecule has 1 unspecified atom stereocenters. The minimum Gasteiger partial charge on any atom is -0.489 e. The lowest BCUT2D eigenvalue weighted by atomic mass is 9.84. The van der Waals surface area contributed by atoms with Crippen molar-refractivity contribution in [2.45, 2.75) is 38.1 Å². The van der Waals surface area contributed by atoms with Crippen LogP contribution in [0.5, 0.6) is 5.75 Å². The minimum atomic E-state index is -5.01. The van der Waals surface area contributed by atoms with Crippen molar-refractivity contribution in [2.24, 2.45) is 17.9 Å². The van der Waals surface area contributed by atoms with E-state index >= 15 is 0 Å². The zero-order chi connectivity index (χ0) is 33.1. The van der Waals surface area contributed by atoms with Crippen molar-refractivity contribution in [3.8, 4) is 16.9 Å². The molecule has 1 aliphatic rings. The van der Waals surface area contributed by atoms with E-state index in [1.807, 2.05) is 28.8 Å². The molecule has 242 valence electrons. The van der Waals surface area contributed by atoms with E-state index in [4.69, 9.17) is 25.6 Å². The summed E-state index contributed by atoms with van der Waals surface area (Å²) in [7, 11) is -3.12. The van der Waals surface area contributed by atoms with Crippen LogP contribution in [-0.2, 0) is 47.5 Å². The monoisotopic (exact) mass is 667 g/mol. The maximum atomic E-state index is 13.2. The highest BCUT2D eigenvalue weighted by atomic mass is 32.3. The maximum Gasteiger partial charge on any atom is 0.418 e. The Morgan fingerprint density at radius 1 is 1.27 bits per heavy atom. The van der Waals surface area contributed by atoms with E-state index in [1.54, 1.807) is 24.3 Å². The second kappa shape index (κ2) is 13.2. The van der Waals surface area contributed by atoms with Gasteiger partial charge >= 0.3 is 16.4 Å². The Labute approximate surface area is 260 Å². The van der Waals surface area contributed by atoms with Crippen molar-refractivity contribution >= 4 is 50.4 Å². The molecular formula is C25H31N8O10S2+. The van der Waals surface area contributed by atoms with Crippen LogP contribution in [0.4, 0.5) is 5.13 Å². The van der Waals surface area contributed by atoms with E-state index in [0.717, 1.165) is 22.5 Å². The summed E-state index contributed by atoms with van der Waals surface area (Å²) >= 11 is 0.959. The molecule has 7 N–H and O–H groups in total. The molecule has 2 atom stereocenters. The Hall–Kier alpha value is -4.63. The van der Waals surface area contributed by atoms with E-state index in [-0.39, 0.29) is 10.8 Å². The zero-order valence-corrected chi connectivity index (χ0v) is 25.8. The summed E-state index contributed by atoms with van der Waals surface area (Å²) in [6.07, 6.45) is 2.21. The van der Waals surface area contributed by atoms with Gasteiger partial charge in [0.25, 0.3) is 17.9 Å². The molecule has 2 amide bonds. The fourth-order valence-electron chi connectivity index (χ4n) is 4.26. The van der Waals surface area contributed by atoms with Crippen LogP contribution in [0.2, 0.25) is 0 Å². The Morgan fingerprint density at radius 3 is 2.51 bits per heavy atom. The number of oxime groups is 1. The van der Waals surface area contributed by atoms with Crippen LogP contribution in [0.3, 0.4) is 0 Å². The summed E-state index contributed by atoms with van der Waals surface area (Å²) in [5.74, 6) is -3.12. The molecule has 45 heavy (non-hydrogen) atoms. The summed E-state index contributed by atoms with van der Waals surface area (Å²) in [6, 6.07) is 5.58. The molecule has 1 fully saturated rings. The number of carbonyl (C=O) groups excluding carboxylic acids is 2. The first-order valence-electron chi connectivity index (χ1n) is 13.1. The van der Waals surface area contributed by atoms with Crippen LogP contribution in [0.25, 0.3) is 11.1 Å². The number of aryl methyl sites for hydroxylation is 1. The highest BCUT2D eigenvalue weighted by Crippen LogP contribution is 2.33. The van der Waals surface area contributed by atoms with Crippen LogP contribution in [0.1, 0.15) is 19.5 Å². The number of hydrogen-bond donors (Lipinski definition) is 5. The number of thiazole rings is 1. The second-order valence-electron chi connectivity index (χ2n) is 10.2. The van der Waals surface area contributed by atoms with Crippen molar-refractivity contribution in [1.29, 1.82) is 0 Å². The first-order chi connectivity index (χ1) is 21.1. The number of nitrogens with zero attached hydrogens (tertiary/aromatic N) is 5. The molecule has 1 aliphatic heterocycles. The predicted molar refractivity (Wildman–Crippen MR) is 157 cm³/mol. The van der Waals surface area contributed by atoms with E-state index < -0.39 is 58.2 Å². The van der Waals surface area contributed by atoms with Gasteiger partial charge in [0.1, 0.15) is 24.1 Å². The quantitative estimate of drug-likeness (QED) is 0.0458. The number of ether oxygens (including phenoxy) is 1. The molecule has 0 spiro atoms. The molecule has 0 aliphatic carbocycles. The number of hydrogen-bond acceptors (Lipinski definition) is 13. The van der Waals surface area contributed by atoms with Gasteiger partial charge in [0.15, 0.2) is 17.9 Å². The number of hydroxylamine groups is 2. The lowest BCUT2D eigenvalue weighted by molar-refractivity contribution is -0.753. The largest absolute Gasteiger partial charge is 0.489 e. The highest BCUT2D eigenvalue weighted by Gasteiger charge is 2.58. The number of carbonyl (C=O) groups is 3. The molecule has 4 rings (SSSR count).